The molecule has 150 valence electrons. The van der Waals surface area contributed by atoms with Gasteiger partial charge in [0.2, 0.25) is 0 Å². The van der Waals surface area contributed by atoms with Crippen molar-refractivity contribution in [2.45, 2.75) is 31.9 Å². The van der Waals surface area contributed by atoms with Crippen LogP contribution in [0.2, 0.25) is 0 Å². The lowest BCUT2D eigenvalue weighted by molar-refractivity contribution is 0.00514. The zero-order valence-corrected chi connectivity index (χ0v) is 17.5. The van der Waals surface area contributed by atoms with Crippen molar-refractivity contribution in [3.05, 3.63) is 69.9 Å². The van der Waals surface area contributed by atoms with Crippen molar-refractivity contribution in [2.24, 2.45) is 0 Å². The van der Waals surface area contributed by atoms with Crippen LogP contribution >= 0.6 is 15.9 Å². The summed E-state index contributed by atoms with van der Waals surface area (Å²) in [6.07, 6.45) is 3.06. The van der Waals surface area contributed by atoms with E-state index in [9.17, 15) is 9.18 Å². The molecule has 0 aromatic heterocycles. The first kappa shape index (κ1) is 21.0. The molecule has 1 N–H and O–H groups in total. The summed E-state index contributed by atoms with van der Waals surface area (Å²) >= 11 is 3.19. The number of nitrogens with zero attached hydrogens (tertiary/aromatic N) is 1. The number of carbonyl (C=O) groups is 1. The van der Waals surface area contributed by atoms with Crippen molar-refractivity contribution in [3.63, 3.8) is 0 Å². The number of piperidine rings is 1. The van der Waals surface area contributed by atoms with E-state index in [1.54, 1.807) is 6.07 Å². The minimum Gasteiger partial charge on any atom is -0.378 e. The highest BCUT2D eigenvalue weighted by molar-refractivity contribution is 9.10. The van der Waals surface area contributed by atoms with Crippen LogP contribution in [0.1, 0.15) is 35.2 Å². The molecule has 4 nitrogen and oxygen atoms in total. The van der Waals surface area contributed by atoms with Gasteiger partial charge in [0.1, 0.15) is 5.82 Å². The van der Waals surface area contributed by atoms with E-state index in [2.05, 4.69) is 50.4 Å². The molecule has 2 aromatic carbocycles. The van der Waals surface area contributed by atoms with Crippen LogP contribution in [0, 0.1) is 5.82 Å². The Bertz CT molecular complexity index is 764. The summed E-state index contributed by atoms with van der Waals surface area (Å²) in [5.74, 6) is -0.912. The highest BCUT2D eigenvalue weighted by Crippen LogP contribution is 2.17. The van der Waals surface area contributed by atoms with Crippen LogP contribution in [0.25, 0.3) is 0 Å². The summed E-state index contributed by atoms with van der Waals surface area (Å²) in [6.45, 7) is 4.15. The van der Waals surface area contributed by atoms with Crippen LogP contribution in [0.5, 0.6) is 0 Å². The summed E-state index contributed by atoms with van der Waals surface area (Å²) in [7, 11) is 0. The Labute approximate surface area is 174 Å². The first-order valence-corrected chi connectivity index (χ1v) is 10.5. The molecular formula is C22H26BrFN2O2. The second-order valence-electron chi connectivity index (χ2n) is 7.07. The van der Waals surface area contributed by atoms with Gasteiger partial charge in [-0.2, -0.15) is 0 Å². The molecule has 0 aliphatic carbocycles. The molecule has 0 unspecified atom stereocenters. The van der Waals surface area contributed by atoms with E-state index in [-0.39, 0.29) is 17.6 Å². The molecule has 0 bridgehead atoms. The SMILES string of the molecule is O=C(NCCCOC1CCN(Cc2ccccc2)CC1)c1ccc(Br)cc1F. The third-order valence-electron chi connectivity index (χ3n) is 4.92. The largest absolute Gasteiger partial charge is 0.378 e. The number of ether oxygens (including phenoxy) is 1. The Kier molecular flexibility index (Phi) is 8.01. The van der Waals surface area contributed by atoms with Gasteiger partial charge in [0, 0.05) is 37.3 Å². The van der Waals surface area contributed by atoms with Gasteiger partial charge in [0.15, 0.2) is 0 Å². The molecule has 2 aromatic rings. The molecule has 0 radical (unpaired) electrons. The van der Waals surface area contributed by atoms with E-state index in [1.165, 1.54) is 17.7 Å². The maximum atomic E-state index is 13.8. The minimum atomic E-state index is -0.523. The topological polar surface area (TPSA) is 41.6 Å². The van der Waals surface area contributed by atoms with Gasteiger partial charge in [-0.25, -0.2) is 4.39 Å². The van der Waals surface area contributed by atoms with Gasteiger partial charge < -0.3 is 10.1 Å². The summed E-state index contributed by atoms with van der Waals surface area (Å²) in [5, 5.41) is 2.75. The fourth-order valence-corrected chi connectivity index (χ4v) is 3.70. The molecule has 1 heterocycles. The zero-order valence-electron chi connectivity index (χ0n) is 15.9. The van der Waals surface area contributed by atoms with Crippen LogP contribution in [0.4, 0.5) is 4.39 Å². The molecule has 1 saturated heterocycles. The maximum absolute atomic E-state index is 13.8. The monoisotopic (exact) mass is 448 g/mol. The van der Waals surface area contributed by atoms with Gasteiger partial charge in [-0.05, 0) is 43.0 Å². The zero-order chi connectivity index (χ0) is 19.8. The summed E-state index contributed by atoms with van der Waals surface area (Å²) in [5.41, 5.74) is 1.41. The standard InChI is InChI=1S/C22H26BrFN2O2/c23-18-7-8-20(21(24)15-18)22(27)25-11-4-14-28-19-9-12-26(13-10-19)16-17-5-2-1-3-6-17/h1-3,5-8,15,19H,4,9-14,16H2,(H,25,27). The lowest BCUT2D eigenvalue weighted by Gasteiger charge is -2.32. The van der Waals surface area contributed by atoms with E-state index < -0.39 is 5.82 Å². The van der Waals surface area contributed by atoms with Crippen molar-refractivity contribution in [3.8, 4) is 0 Å². The number of halogens is 2. The highest BCUT2D eigenvalue weighted by Gasteiger charge is 2.19. The molecule has 0 saturated carbocycles. The first-order valence-electron chi connectivity index (χ1n) is 9.73. The molecule has 6 heteroatoms. The molecule has 28 heavy (non-hydrogen) atoms. The Balaban J connectivity index is 1.28. The van der Waals surface area contributed by atoms with E-state index in [1.807, 2.05) is 6.07 Å². The number of hydrogen-bond donors (Lipinski definition) is 1. The van der Waals surface area contributed by atoms with Gasteiger partial charge in [-0.15, -0.1) is 0 Å². The molecule has 1 aliphatic heterocycles. The van der Waals surface area contributed by atoms with Crippen molar-refractivity contribution in [2.75, 3.05) is 26.2 Å². The Morgan fingerprint density at radius 1 is 1.18 bits per heavy atom. The third kappa shape index (κ3) is 6.40. The highest BCUT2D eigenvalue weighted by atomic mass is 79.9. The first-order chi connectivity index (χ1) is 13.6. The van der Waals surface area contributed by atoms with Gasteiger partial charge in [-0.3, -0.25) is 9.69 Å². The quantitative estimate of drug-likeness (QED) is 0.608. The lowest BCUT2D eigenvalue weighted by atomic mass is 10.1. The van der Waals surface area contributed by atoms with Crippen LogP contribution in [0.3, 0.4) is 0 Å². The predicted molar refractivity (Wildman–Crippen MR) is 112 cm³/mol. The fourth-order valence-electron chi connectivity index (χ4n) is 3.37. The van der Waals surface area contributed by atoms with Crippen molar-refractivity contribution in [1.82, 2.24) is 10.2 Å². The number of carbonyl (C=O) groups excluding carboxylic acids is 1. The molecule has 0 spiro atoms. The van der Waals surface area contributed by atoms with Crippen LogP contribution < -0.4 is 5.32 Å². The molecule has 1 aliphatic rings. The number of rotatable bonds is 8. The Morgan fingerprint density at radius 2 is 1.93 bits per heavy atom. The summed E-state index contributed by atoms with van der Waals surface area (Å²) in [6, 6.07) is 15.0. The second kappa shape index (κ2) is 10.7. The van der Waals surface area contributed by atoms with E-state index in [4.69, 9.17) is 4.74 Å². The van der Waals surface area contributed by atoms with Gasteiger partial charge in [0.25, 0.3) is 5.91 Å². The van der Waals surface area contributed by atoms with Crippen molar-refractivity contribution in [1.29, 1.82) is 0 Å². The maximum Gasteiger partial charge on any atom is 0.254 e. The third-order valence-corrected chi connectivity index (χ3v) is 5.41. The fraction of sp³-hybridized carbons (Fsp3) is 0.409. The average molecular weight is 449 g/mol. The van der Waals surface area contributed by atoms with Crippen LogP contribution in [-0.4, -0.2) is 43.2 Å². The molecular weight excluding hydrogens is 423 g/mol. The number of likely N-dealkylation sites (tertiary alicyclic amines) is 1. The van der Waals surface area contributed by atoms with Crippen LogP contribution in [0.15, 0.2) is 53.0 Å². The molecule has 0 atom stereocenters. The van der Waals surface area contributed by atoms with E-state index in [0.717, 1.165) is 32.5 Å². The van der Waals surface area contributed by atoms with Crippen molar-refractivity contribution < 1.29 is 13.9 Å². The molecule has 3 rings (SSSR count). The predicted octanol–water partition coefficient (Wildman–Crippen LogP) is 4.39. The summed E-state index contributed by atoms with van der Waals surface area (Å²) in [4.78, 5) is 14.5. The number of benzene rings is 2. The average Bonchev–Trinajstić information content (AvgIpc) is 2.69. The normalized spacial score (nSPS) is 15.5. The minimum absolute atomic E-state index is 0.0647. The Hall–Kier alpha value is -1.76. The Morgan fingerprint density at radius 3 is 2.64 bits per heavy atom. The van der Waals surface area contributed by atoms with E-state index in [0.29, 0.717) is 24.0 Å². The van der Waals surface area contributed by atoms with Gasteiger partial charge in [-0.1, -0.05) is 46.3 Å². The van der Waals surface area contributed by atoms with Gasteiger partial charge >= 0.3 is 0 Å². The summed E-state index contributed by atoms with van der Waals surface area (Å²) < 4.78 is 20.3. The second-order valence-corrected chi connectivity index (χ2v) is 7.98. The number of nitrogens with one attached hydrogen (secondary N) is 1. The number of amides is 1. The smallest absolute Gasteiger partial charge is 0.254 e. The van der Waals surface area contributed by atoms with Crippen LogP contribution in [-0.2, 0) is 11.3 Å². The molecule has 1 amide bonds. The van der Waals surface area contributed by atoms with Gasteiger partial charge in [0.05, 0.1) is 11.7 Å². The number of hydrogen-bond acceptors (Lipinski definition) is 3. The molecule has 1 fully saturated rings. The lowest BCUT2D eigenvalue weighted by Crippen LogP contribution is -2.37. The van der Waals surface area contributed by atoms with Crippen molar-refractivity contribution >= 4 is 21.8 Å². The van der Waals surface area contributed by atoms with E-state index >= 15 is 0 Å².